The lowest BCUT2D eigenvalue weighted by Gasteiger charge is -2.02. The number of benzene rings is 1. The Balaban J connectivity index is 2.46. The molecule has 1 aromatic rings. The van der Waals surface area contributed by atoms with Gasteiger partial charge in [0, 0.05) is 0 Å². The maximum Gasteiger partial charge on any atom is 0.119 e. The van der Waals surface area contributed by atoms with Crippen LogP contribution in [0.4, 0.5) is 0 Å². The molecule has 0 saturated carbocycles. The minimum atomic E-state index is 0.383. The normalized spacial score (nSPS) is 10.1. The molecule has 0 spiro atoms. The Morgan fingerprint density at radius 1 is 1.42 bits per heavy atom. The third kappa shape index (κ3) is 2.57. The minimum Gasteiger partial charge on any atom is -0.508 e. The summed E-state index contributed by atoms with van der Waals surface area (Å²) in [4.78, 5) is 0. The van der Waals surface area contributed by atoms with Crippen molar-refractivity contribution >= 4 is 0 Å². The van der Waals surface area contributed by atoms with Gasteiger partial charge in [-0.1, -0.05) is 31.9 Å². The van der Waals surface area contributed by atoms with Gasteiger partial charge in [0.05, 0.1) is 0 Å². The van der Waals surface area contributed by atoms with E-state index < -0.39 is 0 Å². The molecule has 1 nitrogen and oxygen atoms in total. The third-order valence-corrected chi connectivity index (χ3v) is 1.98. The fourth-order valence-electron chi connectivity index (χ4n) is 1.23. The van der Waals surface area contributed by atoms with E-state index in [4.69, 9.17) is 0 Å². The van der Waals surface area contributed by atoms with E-state index in [0.717, 1.165) is 18.4 Å². The van der Waals surface area contributed by atoms with Gasteiger partial charge in [0.25, 0.3) is 0 Å². The summed E-state index contributed by atoms with van der Waals surface area (Å²) in [6.07, 6.45) is 4.60. The molecule has 0 atom stereocenters. The lowest BCUT2D eigenvalue weighted by Crippen LogP contribution is -1.85. The van der Waals surface area contributed by atoms with Gasteiger partial charge in [0.1, 0.15) is 5.75 Å². The molecule has 0 aliphatic rings. The summed E-state index contributed by atoms with van der Waals surface area (Å²) in [6.45, 7) is 2.18. The fraction of sp³-hybridized carbons (Fsp3) is 0.455. The molecular formula is C11H15O. The standard InChI is InChI=1S/C11H15O/c1-2-3-4-7-10-8-5-6-9-11(10)12/h5,8-9,12H,2-4,7H2,1H3. The first-order chi connectivity index (χ1) is 5.84. The molecule has 0 bridgehead atoms. The Hall–Kier alpha value is -0.980. The second-order valence-electron chi connectivity index (χ2n) is 3.01. The third-order valence-electron chi connectivity index (χ3n) is 1.98. The Labute approximate surface area is 74.1 Å². The van der Waals surface area contributed by atoms with E-state index in [9.17, 15) is 5.11 Å². The number of aromatic hydroxyl groups is 1. The number of phenolic OH excluding ortho intramolecular Hbond substituents is 1. The molecule has 12 heavy (non-hydrogen) atoms. The largest absolute Gasteiger partial charge is 0.508 e. The Morgan fingerprint density at radius 2 is 2.25 bits per heavy atom. The maximum atomic E-state index is 9.38. The van der Waals surface area contributed by atoms with Crippen molar-refractivity contribution in [2.45, 2.75) is 32.6 Å². The van der Waals surface area contributed by atoms with Crippen LogP contribution >= 0.6 is 0 Å². The monoisotopic (exact) mass is 163 g/mol. The molecule has 0 unspecified atom stereocenters. The van der Waals surface area contributed by atoms with E-state index in [-0.39, 0.29) is 0 Å². The summed E-state index contributed by atoms with van der Waals surface area (Å²) >= 11 is 0. The van der Waals surface area contributed by atoms with Gasteiger partial charge in [-0.3, -0.25) is 0 Å². The average Bonchev–Trinajstić information content (AvgIpc) is 2.09. The maximum absolute atomic E-state index is 9.38. The van der Waals surface area contributed by atoms with E-state index in [2.05, 4.69) is 13.0 Å². The molecular weight excluding hydrogens is 148 g/mol. The Kier molecular flexibility index (Phi) is 3.65. The van der Waals surface area contributed by atoms with Gasteiger partial charge < -0.3 is 5.11 Å². The van der Waals surface area contributed by atoms with Gasteiger partial charge in [0.2, 0.25) is 0 Å². The van der Waals surface area contributed by atoms with E-state index in [0.29, 0.717) is 5.75 Å². The summed E-state index contributed by atoms with van der Waals surface area (Å²) in [5.41, 5.74) is 1.04. The fourth-order valence-corrected chi connectivity index (χ4v) is 1.23. The quantitative estimate of drug-likeness (QED) is 0.676. The lowest BCUT2D eigenvalue weighted by molar-refractivity contribution is 0.466. The second kappa shape index (κ2) is 4.81. The summed E-state index contributed by atoms with van der Waals surface area (Å²) in [5, 5.41) is 9.38. The van der Waals surface area contributed by atoms with Crippen LogP contribution in [0.1, 0.15) is 31.7 Å². The van der Waals surface area contributed by atoms with Crippen LogP contribution in [0.5, 0.6) is 5.75 Å². The molecule has 1 rings (SSSR count). The lowest BCUT2D eigenvalue weighted by atomic mass is 10.1. The molecule has 65 valence electrons. The Bertz CT molecular complexity index is 230. The summed E-state index contributed by atoms with van der Waals surface area (Å²) in [6, 6.07) is 8.25. The van der Waals surface area contributed by atoms with E-state index in [1.54, 1.807) is 6.07 Å². The minimum absolute atomic E-state index is 0.383. The van der Waals surface area contributed by atoms with Crippen molar-refractivity contribution in [1.29, 1.82) is 0 Å². The second-order valence-corrected chi connectivity index (χ2v) is 3.01. The smallest absolute Gasteiger partial charge is 0.119 e. The molecule has 1 radical (unpaired) electrons. The van der Waals surface area contributed by atoms with Crippen LogP contribution in [0.25, 0.3) is 0 Å². The van der Waals surface area contributed by atoms with Gasteiger partial charge in [-0.05, 0) is 30.5 Å². The van der Waals surface area contributed by atoms with Crippen molar-refractivity contribution < 1.29 is 5.11 Å². The summed E-state index contributed by atoms with van der Waals surface area (Å²) in [5.74, 6) is 0.383. The molecule has 1 heteroatoms. The number of rotatable bonds is 4. The average molecular weight is 163 g/mol. The first-order valence-electron chi connectivity index (χ1n) is 4.52. The van der Waals surface area contributed by atoms with Gasteiger partial charge in [-0.15, -0.1) is 0 Å². The van der Waals surface area contributed by atoms with Crippen LogP contribution in [0, 0.1) is 6.07 Å². The molecule has 1 aromatic carbocycles. The van der Waals surface area contributed by atoms with Crippen molar-refractivity contribution in [3.05, 3.63) is 29.8 Å². The topological polar surface area (TPSA) is 20.2 Å². The SMILES string of the molecule is CCCCCc1cc[c]cc1O. The van der Waals surface area contributed by atoms with Crippen molar-refractivity contribution in [2.24, 2.45) is 0 Å². The van der Waals surface area contributed by atoms with E-state index >= 15 is 0 Å². The highest BCUT2D eigenvalue weighted by Crippen LogP contribution is 2.17. The van der Waals surface area contributed by atoms with Gasteiger partial charge in [-0.25, -0.2) is 0 Å². The number of unbranched alkanes of at least 4 members (excludes halogenated alkanes) is 2. The Morgan fingerprint density at radius 3 is 2.92 bits per heavy atom. The van der Waals surface area contributed by atoms with Crippen LogP contribution in [0.15, 0.2) is 18.2 Å². The van der Waals surface area contributed by atoms with Gasteiger partial charge in [-0.2, -0.15) is 0 Å². The first kappa shape index (κ1) is 9.11. The molecule has 1 N–H and O–H groups in total. The zero-order chi connectivity index (χ0) is 8.81. The molecule has 0 fully saturated rings. The molecule has 0 saturated heterocycles. The van der Waals surface area contributed by atoms with Crippen molar-refractivity contribution in [3.63, 3.8) is 0 Å². The van der Waals surface area contributed by atoms with Crippen LogP contribution in [0.2, 0.25) is 0 Å². The summed E-state index contributed by atoms with van der Waals surface area (Å²) in [7, 11) is 0. The van der Waals surface area contributed by atoms with Crippen LogP contribution < -0.4 is 0 Å². The predicted octanol–water partition coefficient (Wildman–Crippen LogP) is 2.93. The number of hydrogen-bond acceptors (Lipinski definition) is 1. The number of aryl methyl sites for hydroxylation is 1. The molecule has 0 aromatic heterocycles. The summed E-state index contributed by atoms with van der Waals surface area (Å²) < 4.78 is 0. The van der Waals surface area contributed by atoms with Crippen molar-refractivity contribution in [3.8, 4) is 5.75 Å². The highest BCUT2D eigenvalue weighted by molar-refractivity contribution is 5.31. The number of phenols is 1. The van der Waals surface area contributed by atoms with Crippen LogP contribution in [-0.2, 0) is 6.42 Å². The highest BCUT2D eigenvalue weighted by atomic mass is 16.3. The van der Waals surface area contributed by atoms with E-state index in [1.165, 1.54) is 12.8 Å². The molecule has 0 heterocycles. The zero-order valence-corrected chi connectivity index (χ0v) is 7.51. The first-order valence-corrected chi connectivity index (χ1v) is 4.52. The van der Waals surface area contributed by atoms with Gasteiger partial charge >= 0.3 is 0 Å². The highest BCUT2D eigenvalue weighted by Gasteiger charge is 1.97. The van der Waals surface area contributed by atoms with Crippen molar-refractivity contribution in [2.75, 3.05) is 0 Å². The number of hydrogen-bond donors (Lipinski definition) is 1. The predicted molar refractivity (Wildman–Crippen MR) is 50.2 cm³/mol. The van der Waals surface area contributed by atoms with E-state index in [1.807, 2.05) is 12.1 Å². The molecule has 0 aliphatic carbocycles. The van der Waals surface area contributed by atoms with Gasteiger partial charge in [0.15, 0.2) is 0 Å². The van der Waals surface area contributed by atoms with Crippen LogP contribution in [-0.4, -0.2) is 5.11 Å². The van der Waals surface area contributed by atoms with Crippen molar-refractivity contribution in [1.82, 2.24) is 0 Å². The zero-order valence-electron chi connectivity index (χ0n) is 7.51. The molecule has 0 aliphatic heterocycles. The van der Waals surface area contributed by atoms with Crippen LogP contribution in [0.3, 0.4) is 0 Å². The molecule has 0 amide bonds.